The summed E-state index contributed by atoms with van der Waals surface area (Å²) in [7, 11) is 0. The second kappa shape index (κ2) is 16.0. The van der Waals surface area contributed by atoms with Crippen LogP contribution in [0.3, 0.4) is 0 Å². The number of rotatable bonds is 0. The van der Waals surface area contributed by atoms with E-state index in [9.17, 15) is 0 Å². The summed E-state index contributed by atoms with van der Waals surface area (Å²) in [5.41, 5.74) is 0. The molecule has 0 bridgehead atoms. The molecule has 0 unspecified atom stereocenters. The molecule has 0 aliphatic carbocycles. The summed E-state index contributed by atoms with van der Waals surface area (Å²) in [4.78, 5) is 0. The van der Waals surface area contributed by atoms with Crippen LogP contribution in [0.2, 0.25) is 0 Å². The molecule has 4 heavy (non-hydrogen) atoms. The normalized spacial score (nSPS) is 0. The van der Waals surface area contributed by atoms with E-state index in [2.05, 4.69) is 0 Å². The Balaban J connectivity index is 0. The smallest absolute Gasteiger partial charge is 1.00 e. The second-order valence-electron chi connectivity index (χ2n) is 0. The van der Waals surface area contributed by atoms with Crippen molar-refractivity contribution in [2.75, 3.05) is 0 Å². The maximum Gasteiger partial charge on any atom is 2.00 e. The first-order chi connectivity index (χ1) is 0. The molecular formula is H7BaCaFeSi. The average Bonchev–Trinajstić information content (AvgIpc) is 0. The molecule has 0 rings (SSSR count). The molecule has 0 amide bonds. The van der Waals surface area contributed by atoms with Crippen molar-refractivity contribution >= 4 is 97.6 Å². The van der Waals surface area contributed by atoms with Crippen LogP contribution in [-0.2, 0) is 17.1 Å². The van der Waals surface area contributed by atoms with Gasteiger partial charge in [0.2, 0.25) is 0 Å². The summed E-state index contributed by atoms with van der Waals surface area (Å²) in [6, 6.07) is 0. The van der Waals surface area contributed by atoms with E-state index in [1.165, 1.54) is 0 Å². The molecule has 0 saturated heterocycles. The Morgan fingerprint density at radius 1 is 1.25 bits per heavy atom. The fraction of sp³-hybridized carbons (Fsp3) is 0. The van der Waals surface area contributed by atoms with Crippen molar-refractivity contribution in [3.63, 3.8) is 0 Å². The summed E-state index contributed by atoms with van der Waals surface area (Å²) in [5, 5.41) is 0. The van der Waals surface area contributed by atoms with Crippen molar-refractivity contribution in [1.29, 1.82) is 0 Å². The van der Waals surface area contributed by atoms with E-state index in [4.69, 9.17) is 0 Å². The molecule has 0 fully saturated rings. The number of hydrogen-bond donors (Lipinski definition) is 0. The molecule has 0 N–H and O–H groups in total. The van der Waals surface area contributed by atoms with Gasteiger partial charge in [0, 0.05) is 17.1 Å². The van der Waals surface area contributed by atoms with Gasteiger partial charge in [0.25, 0.3) is 0 Å². The predicted molar refractivity (Wildman–Crippen MR) is 25.9 cm³/mol. The van der Waals surface area contributed by atoms with Crippen LogP contribution in [-0.4, -0.2) is 97.6 Å². The van der Waals surface area contributed by atoms with Gasteiger partial charge in [0.1, 0.15) is 0 Å². The van der Waals surface area contributed by atoms with Crippen molar-refractivity contribution in [1.82, 2.24) is 0 Å². The largest absolute Gasteiger partial charge is 2.00 e. The van der Waals surface area contributed by atoms with Crippen LogP contribution in [0.15, 0.2) is 0 Å². The first-order valence-corrected chi connectivity index (χ1v) is 0. The van der Waals surface area contributed by atoms with Crippen molar-refractivity contribution in [3.05, 3.63) is 0 Å². The minimum absolute atomic E-state index is 0. The number of hydrogen-bond acceptors (Lipinski definition) is 0. The third-order valence-electron chi connectivity index (χ3n) is 0. The minimum Gasteiger partial charge on any atom is -1.00 e. The zero-order chi connectivity index (χ0) is 0. The molecule has 0 aromatic heterocycles. The van der Waals surface area contributed by atoms with Gasteiger partial charge in [-0.15, -0.1) is 0 Å². The van der Waals surface area contributed by atoms with Crippen LogP contribution in [0.4, 0.5) is 0 Å². The first-order valence-electron chi connectivity index (χ1n) is 0. The zero-order valence-corrected chi connectivity index (χ0v) is 12.5. The zero-order valence-electron chi connectivity index (χ0n) is 6.77. The minimum atomic E-state index is 0. The van der Waals surface area contributed by atoms with Crippen LogP contribution in [0.1, 0.15) is 5.71 Å². The van der Waals surface area contributed by atoms with E-state index in [0.29, 0.717) is 0 Å². The molecule has 0 heterocycles. The van der Waals surface area contributed by atoms with Crippen LogP contribution in [0.25, 0.3) is 0 Å². The monoisotopic (exact) mass is 269 g/mol. The second-order valence-corrected chi connectivity index (χ2v) is 0. The van der Waals surface area contributed by atoms with Crippen LogP contribution >= 0.6 is 0 Å². The fourth-order valence-electron chi connectivity index (χ4n) is 0. The van der Waals surface area contributed by atoms with Crippen molar-refractivity contribution in [3.8, 4) is 0 Å². The van der Waals surface area contributed by atoms with Crippen LogP contribution in [0.5, 0.6) is 0 Å². The Morgan fingerprint density at radius 3 is 1.25 bits per heavy atom. The standard InChI is InChI=1S/Ba.Ca.Fe.H3Si.4H/h;;;1H3;;;;/q2*+2;;;4*-1. The van der Waals surface area contributed by atoms with Crippen molar-refractivity contribution < 1.29 is 22.8 Å². The molecule has 0 aromatic carbocycles. The van der Waals surface area contributed by atoms with Gasteiger partial charge in [-0.1, -0.05) is 0 Å². The summed E-state index contributed by atoms with van der Waals surface area (Å²) >= 11 is 0. The van der Waals surface area contributed by atoms with E-state index in [1.54, 1.807) is 0 Å². The molecule has 1 radical (unpaired) electrons. The van der Waals surface area contributed by atoms with Crippen molar-refractivity contribution in [2.45, 2.75) is 0 Å². The molecule has 0 saturated carbocycles. The predicted octanol–water partition coefficient (Wildman–Crippen LogP) is -1.50. The third-order valence-corrected chi connectivity index (χ3v) is 0. The van der Waals surface area contributed by atoms with E-state index in [-0.39, 0.29) is 120 Å². The van der Waals surface area contributed by atoms with E-state index >= 15 is 0 Å². The Morgan fingerprint density at radius 2 is 1.25 bits per heavy atom. The van der Waals surface area contributed by atoms with Crippen LogP contribution < -0.4 is 0 Å². The van der Waals surface area contributed by atoms with Crippen LogP contribution in [0, 0.1) is 0 Å². The van der Waals surface area contributed by atoms with Crippen molar-refractivity contribution in [2.24, 2.45) is 0 Å². The van der Waals surface area contributed by atoms with Gasteiger partial charge in [0.15, 0.2) is 0 Å². The van der Waals surface area contributed by atoms with E-state index < -0.39 is 0 Å². The molecule has 0 atom stereocenters. The molecule has 0 aromatic rings. The molecule has 0 aliphatic heterocycles. The van der Waals surface area contributed by atoms with Gasteiger partial charge < -0.3 is 5.71 Å². The average molecular weight is 268 g/mol. The van der Waals surface area contributed by atoms with Gasteiger partial charge in [-0.25, -0.2) is 0 Å². The summed E-state index contributed by atoms with van der Waals surface area (Å²) in [5.74, 6) is 0. The SMILES string of the molecule is [Ba+2].[Ca+2].[Fe].[H-].[H-].[H-].[H-].[SiH3]. The van der Waals surface area contributed by atoms with E-state index in [0.717, 1.165) is 0 Å². The summed E-state index contributed by atoms with van der Waals surface area (Å²) in [6.07, 6.45) is 0. The summed E-state index contributed by atoms with van der Waals surface area (Å²) < 4.78 is 0. The van der Waals surface area contributed by atoms with Gasteiger partial charge in [-0.05, 0) is 11.0 Å². The summed E-state index contributed by atoms with van der Waals surface area (Å²) in [6.45, 7) is 0. The Hall–Kier alpha value is 3.57. The quantitative estimate of drug-likeness (QED) is 0.469. The fourth-order valence-corrected chi connectivity index (χ4v) is 0. The molecule has 23 valence electrons. The molecule has 0 aliphatic rings. The van der Waals surface area contributed by atoms with Gasteiger partial charge >= 0.3 is 86.6 Å². The van der Waals surface area contributed by atoms with Gasteiger partial charge in [-0.2, -0.15) is 0 Å². The topological polar surface area (TPSA) is 0 Å². The Kier molecular flexibility index (Phi) is 103. The Bertz CT molecular complexity index is 16.0. The first kappa shape index (κ1) is 25.6. The third kappa shape index (κ3) is 9.13. The maximum atomic E-state index is 0. The molecule has 4 heteroatoms. The van der Waals surface area contributed by atoms with Gasteiger partial charge in [-0.3, -0.25) is 0 Å². The Labute approximate surface area is 117 Å². The molecule has 0 spiro atoms. The molecule has 0 nitrogen and oxygen atoms in total. The molecular weight excluding hydrogens is 261 g/mol. The maximum absolute atomic E-state index is 0. The van der Waals surface area contributed by atoms with Gasteiger partial charge in [0.05, 0.1) is 0 Å². The van der Waals surface area contributed by atoms with E-state index in [1.807, 2.05) is 0 Å².